The van der Waals surface area contributed by atoms with Gasteiger partial charge in [0.2, 0.25) is 0 Å². The summed E-state index contributed by atoms with van der Waals surface area (Å²) >= 11 is 0. The summed E-state index contributed by atoms with van der Waals surface area (Å²) in [6.07, 6.45) is 4.61. The summed E-state index contributed by atoms with van der Waals surface area (Å²) < 4.78 is 5.82. The van der Waals surface area contributed by atoms with Crippen LogP contribution in [0.5, 0.6) is 5.75 Å². The van der Waals surface area contributed by atoms with Crippen molar-refractivity contribution in [1.82, 2.24) is 10.3 Å². The number of hydrogen-bond acceptors (Lipinski definition) is 4. The van der Waals surface area contributed by atoms with Crippen LogP contribution in [0, 0.1) is 11.3 Å². The molecule has 3 rings (SSSR count). The van der Waals surface area contributed by atoms with Gasteiger partial charge in [-0.1, -0.05) is 36.4 Å². The number of ether oxygens (including phenoxy) is 1. The lowest BCUT2D eigenvalue weighted by molar-refractivity contribution is 0.252. The molecule has 29 heavy (non-hydrogen) atoms. The zero-order chi connectivity index (χ0) is 20.3. The Labute approximate surface area is 170 Å². The van der Waals surface area contributed by atoms with Gasteiger partial charge in [-0.05, 0) is 41.8 Å². The minimum Gasteiger partial charge on any atom is -0.489 e. The Kier molecular flexibility index (Phi) is 7.19. The van der Waals surface area contributed by atoms with Gasteiger partial charge in [0, 0.05) is 30.2 Å². The second kappa shape index (κ2) is 10.5. The van der Waals surface area contributed by atoms with Gasteiger partial charge in [0.25, 0.3) is 0 Å². The number of nitrogens with zero attached hydrogens (tertiary/aromatic N) is 2. The fourth-order valence-electron chi connectivity index (χ4n) is 2.76. The number of aromatic nitrogens is 1. The smallest absolute Gasteiger partial charge is 0.319 e. The minimum atomic E-state index is -0.262. The predicted molar refractivity (Wildman–Crippen MR) is 111 cm³/mol. The normalized spacial score (nSPS) is 10.0. The number of nitriles is 1. The van der Waals surface area contributed by atoms with E-state index < -0.39 is 0 Å². The van der Waals surface area contributed by atoms with Crippen molar-refractivity contribution in [2.24, 2.45) is 0 Å². The molecule has 0 spiro atoms. The highest BCUT2D eigenvalue weighted by Gasteiger charge is 2.07. The number of pyridine rings is 1. The molecule has 0 aliphatic carbocycles. The minimum absolute atomic E-state index is 0.262. The van der Waals surface area contributed by atoms with E-state index in [0.717, 1.165) is 16.7 Å². The maximum absolute atomic E-state index is 12.2. The molecule has 0 unspecified atom stereocenters. The van der Waals surface area contributed by atoms with Gasteiger partial charge in [-0.25, -0.2) is 4.79 Å². The second-order valence-electron chi connectivity index (χ2n) is 6.42. The fourth-order valence-corrected chi connectivity index (χ4v) is 2.76. The molecule has 0 saturated heterocycles. The van der Waals surface area contributed by atoms with Crippen molar-refractivity contribution in [2.75, 3.05) is 11.9 Å². The Morgan fingerprint density at radius 2 is 1.86 bits per heavy atom. The number of amides is 2. The zero-order valence-corrected chi connectivity index (χ0v) is 16.0. The number of anilines is 1. The maximum Gasteiger partial charge on any atom is 0.319 e. The molecule has 3 aromatic rings. The SMILES string of the molecule is N#CCc1ccc(OCc2ccccc2NC(=O)NCCc2cccnc2)cc1. The largest absolute Gasteiger partial charge is 0.489 e. The van der Waals surface area contributed by atoms with Crippen LogP contribution in [0.2, 0.25) is 0 Å². The molecular weight excluding hydrogens is 364 g/mol. The summed E-state index contributed by atoms with van der Waals surface area (Å²) in [5.74, 6) is 0.711. The Morgan fingerprint density at radius 3 is 2.62 bits per heavy atom. The van der Waals surface area contributed by atoms with E-state index in [9.17, 15) is 4.79 Å². The highest BCUT2D eigenvalue weighted by atomic mass is 16.5. The molecule has 2 aromatic carbocycles. The lowest BCUT2D eigenvalue weighted by Gasteiger charge is -2.13. The number of urea groups is 1. The molecule has 1 heterocycles. The summed E-state index contributed by atoms with van der Waals surface area (Å²) in [6, 6.07) is 20.7. The summed E-state index contributed by atoms with van der Waals surface area (Å²) in [7, 11) is 0. The van der Waals surface area contributed by atoms with Crippen molar-refractivity contribution in [3.05, 3.63) is 89.7 Å². The van der Waals surface area contributed by atoms with Crippen LogP contribution in [0.15, 0.2) is 73.1 Å². The molecule has 6 heteroatoms. The lowest BCUT2D eigenvalue weighted by atomic mass is 10.1. The first-order chi connectivity index (χ1) is 14.2. The van der Waals surface area contributed by atoms with Gasteiger partial charge in [0.15, 0.2) is 0 Å². The number of hydrogen-bond donors (Lipinski definition) is 2. The van der Waals surface area contributed by atoms with Crippen molar-refractivity contribution < 1.29 is 9.53 Å². The average molecular weight is 386 g/mol. The van der Waals surface area contributed by atoms with Crippen LogP contribution in [0.25, 0.3) is 0 Å². The molecule has 6 nitrogen and oxygen atoms in total. The van der Waals surface area contributed by atoms with Gasteiger partial charge in [0.05, 0.1) is 12.5 Å². The fraction of sp³-hybridized carbons (Fsp3) is 0.174. The third kappa shape index (κ3) is 6.36. The number of rotatable bonds is 8. The monoisotopic (exact) mass is 386 g/mol. The van der Waals surface area contributed by atoms with Crippen LogP contribution in [0.4, 0.5) is 10.5 Å². The quantitative estimate of drug-likeness (QED) is 0.610. The first-order valence-corrected chi connectivity index (χ1v) is 9.35. The number of carbonyl (C=O) groups excluding carboxylic acids is 1. The Hall–Kier alpha value is -3.85. The van der Waals surface area contributed by atoms with E-state index in [4.69, 9.17) is 10.00 Å². The van der Waals surface area contributed by atoms with E-state index in [-0.39, 0.29) is 6.03 Å². The highest BCUT2D eigenvalue weighted by molar-refractivity contribution is 5.90. The van der Waals surface area contributed by atoms with Gasteiger partial charge in [-0.15, -0.1) is 0 Å². The Balaban J connectivity index is 1.51. The van der Waals surface area contributed by atoms with Crippen molar-refractivity contribution in [2.45, 2.75) is 19.4 Å². The molecular formula is C23H22N4O2. The van der Waals surface area contributed by atoms with E-state index >= 15 is 0 Å². The van der Waals surface area contributed by atoms with Crippen molar-refractivity contribution >= 4 is 11.7 Å². The summed E-state index contributed by atoms with van der Waals surface area (Å²) in [5, 5.41) is 14.5. The van der Waals surface area contributed by atoms with E-state index in [1.165, 1.54) is 0 Å². The topological polar surface area (TPSA) is 87.0 Å². The van der Waals surface area contributed by atoms with E-state index in [0.29, 0.717) is 37.4 Å². The molecule has 0 bridgehead atoms. The number of carbonyl (C=O) groups is 1. The lowest BCUT2D eigenvalue weighted by Crippen LogP contribution is -2.30. The molecule has 2 N–H and O–H groups in total. The number of benzene rings is 2. The van der Waals surface area contributed by atoms with Crippen LogP contribution in [0.1, 0.15) is 16.7 Å². The third-order valence-electron chi connectivity index (χ3n) is 4.29. The maximum atomic E-state index is 12.2. The summed E-state index contributed by atoms with van der Waals surface area (Å²) in [6.45, 7) is 0.842. The van der Waals surface area contributed by atoms with E-state index in [1.54, 1.807) is 12.4 Å². The Morgan fingerprint density at radius 1 is 1.03 bits per heavy atom. The Bertz CT molecular complexity index is 966. The molecule has 0 aliphatic rings. The molecule has 0 radical (unpaired) electrons. The number of para-hydroxylation sites is 1. The predicted octanol–water partition coefficient (Wildman–Crippen LogP) is 4.09. The van der Waals surface area contributed by atoms with Gasteiger partial charge < -0.3 is 15.4 Å². The molecule has 0 aliphatic heterocycles. The third-order valence-corrected chi connectivity index (χ3v) is 4.29. The summed E-state index contributed by atoms with van der Waals surface area (Å²) in [4.78, 5) is 16.3. The average Bonchev–Trinajstić information content (AvgIpc) is 2.75. The van der Waals surface area contributed by atoms with Crippen molar-refractivity contribution in [1.29, 1.82) is 5.26 Å². The molecule has 146 valence electrons. The van der Waals surface area contributed by atoms with Crippen LogP contribution in [-0.2, 0) is 19.4 Å². The summed E-state index contributed by atoms with van der Waals surface area (Å²) in [5.41, 5.74) is 3.59. The first kappa shape index (κ1) is 19.9. The van der Waals surface area contributed by atoms with Gasteiger partial charge >= 0.3 is 6.03 Å². The van der Waals surface area contributed by atoms with Crippen molar-refractivity contribution in [3.8, 4) is 11.8 Å². The molecule has 0 saturated carbocycles. The number of nitrogens with one attached hydrogen (secondary N) is 2. The molecule has 0 atom stereocenters. The molecule has 2 amide bonds. The highest BCUT2D eigenvalue weighted by Crippen LogP contribution is 2.19. The standard InChI is InChI=1S/C23H22N4O2/c24-13-11-18-7-9-21(10-8-18)29-17-20-5-1-2-6-22(20)27-23(28)26-15-12-19-4-3-14-25-16-19/h1-10,14,16H,11-12,15,17H2,(H2,26,27,28). The van der Waals surface area contributed by atoms with E-state index in [1.807, 2.05) is 60.7 Å². The first-order valence-electron chi connectivity index (χ1n) is 9.35. The van der Waals surface area contributed by atoms with Crippen LogP contribution in [-0.4, -0.2) is 17.6 Å². The molecule has 0 fully saturated rings. The zero-order valence-electron chi connectivity index (χ0n) is 16.0. The van der Waals surface area contributed by atoms with Crippen LogP contribution < -0.4 is 15.4 Å². The van der Waals surface area contributed by atoms with Crippen LogP contribution in [0.3, 0.4) is 0 Å². The van der Waals surface area contributed by atoms with Gasteiger partial charge in [0.1, 0.15) is 12.4 Å². The van der Waals surface area contributed by atoms with Gasteiger partial charge in [-0.2, -0.15) is 5.26 Å². The second-order valence-corrected chi connectivity index (χ2v) is 6.42. The van der Waals surface area contributed by atoms with Crippen molar-refractivity contribution in [3.63, 3.8) is 0 Å². The molecule has 1 aromatic heterocycles. The van der Waals surface area contributed by atoms with E-state index in [2.05, 4.69) is 21.7 Å². The van der Waals surface area contributed by atoms with Gasteiger partial charge in [-0.3, -0.25) is 4.98 Å². The van der Waals surface area contributed by atoms with Crippen LogP contribution >= 0.6 is 0 Å².